The molecule has 2 N–H and O–H groups in total. The molecule has 6 nitrogen and oxygen atoms in total. The number of hydrogen-bond acceptors (Lipinski definition) is 4. The number of aliphatic carboxylic acids is 1. The van der Waals surface area contributed by atoms with E-state index in [1.165, 1.54) is 4.90 Å². The van der Waals surface area contributed by atoms with Crippen molar-refractivity contribution in [2.45, 2.75) is 70.0 Å². The van der Waals surface area contributed by atoms with Gasteiger partial charge in [-0.2, -0.15) is 0 Å². The highest BCUT2D eigenvalue weighted by atomic mass is 19.3. The summed E-state index contributed by atoms with van der Waals surface area (Å²) in [7, 11) is 0. The zero-order valence-corrected chi connectivity index (χ0v) is 14.3. The Labute approximate surface area is 139 Å². The minimum absolute atomic E-state index is 0.0609. The van der Waals surface area contributed by atoms with Crippen LogP contribution in [0.5, 0.6) is 0 Å². The number of carbonyl (C=O) groups excluding carboxylic acids is 1. The Bertz CT molecular complexity index is 523. The average molecular weight is 349 g/mol. The molecule has 1 saturated heterocycles. The minimum atomic E-state index is -3.09. The van der Waals surface area contributed by atoms with Gasteiger partial charge in [0, 0.05) is 25.9 Å². The van der Waals surface area contributed by atoms with Gasteiger partial charge in [0.25, 0.3) is 0 Å². The molecule has 2 fully saturated rings. The molecule has 8 heteroatoms. The predicted octanol–water partition coefficient (Wildman–Crippen LogP) is 2.64. The number of carbonyl (C=O) groups is 2. The fraction of sp³-hybridized carbons (Fsp3) is 0.875. The molecule has 138 valence electrons. The van der Waals surface area contributed by atoms with Gasteiger partial charge in [-0.3, -0.25) is 4.79 Å². The van der Waals surface area contributed by atoms with Gasteiger partial charge in [-0.05, 0) is 40.0 Å². The summed E-state index contributed by atoms with van der Waals surface area (Å²) in [5.74, 6) is -4.48. The van der Waals surface area contributed by atoms with Crippen molar-refractivity contribution < 1.29 is 33.3 Å². The maximum atomic E-state index is 13.7. The largest absolute Gasteiger partial charge is 0.481 e. The molecule has 0 spiro atoms. The number of hydrogen-bond donors (Lipinski definition) is 2. The number of ether oxygens (including phenoxy) is 1. The average Bonchev–Trinajstić information content (AvgIpc) is 2.75. The lowest BCUT2D eigenvalue weighted by Crippen LogP contribution is -2.58. The molecular weight excluding hydrogens is 324 g/mol. The first kappa shape index (κ1) is 18.9. The van der Waals surface area contributed by atoms with E-state index in [4.69, 9.17) is 4.74 Å². The summed E-state index contributed by atoms with van der Waals surface area (Å²) in [4.78, 5) is 25.1. The lowest BCUT2D eigenvalue weighted by molar-refractivity contribution is -0.180. The summed E-state index contributed by atoms with van der Waals surface area (Å²) in [6.45, 7) is 5.33. The topological polar surface area (TPSA) is 87.1 Å². The fourth-order valence-electron chi connectivity index (χ4n) is 3.66. The number of aliphatic hydroxyl groups is 1. The van der Waals surface area contributed by atoms with Crippen LogP contribution < -0.4 is 0 Å². The summed E-state index contributed by atoms with van der Waals surface area (Å²) < 4.78 is 32.6. The van der Waals surface area contributed by atoms with E-state index in [1.807, 2.05) is 0 Å². The number of nitrogens with zero attached hydrogens (tertiary/aromatic N) is 1. The standard InChI is InChI=1S/C16H25F2NO5/c1-13(2,3)24-12(22)19-8-6-15(23,7-9-19)14(11(20)21)4-5-16(17,18)10-14/h23H,4-10H2,1-3H3,(H,20,21). The third-order valence-corrected chi connectivity index (χ3v) is 5.02. The molecule has 1 aliphatic heterocycles. The van der Waals surface area contributed by atoms with E-state index >= 15 is 0 Å². The first-order chi connectivity index (χ1) is 10.8. The van der Waals surface area contributed by atoms with Crippen molar-refractivity contribution in [2.75, 3.05) is 13.1 Å². The molecule has 0 bridgehead atoms. The molecule has 1 amide bonds. The Balaban J connectivity index is 2.11. The van der Waals surface area contributed by atoms with Crippen LogP contribution in [0.15, 0.2) is 0 Å². The summed E-state index contributed by atoms with van der Waals surface area (Å²) >= 11 is 0. The molecule has 2 aliphatic rings. The van der Waals surface area contributed by atoms with Gasteiger partial charge in [0.1, 0.15) is 11.0 Å². The summed E-state index contributed by atoms with van der Waals surface area (Å²) in [6, 6.07) is 0. The maximum Gasteiger partial charge on any atom is 0.410 e. The molecule has 1 atom stereocenters. The van der Waals surface area contributed by atoms with E-state index in [0.717, 1.165) is 0 Å². The summed E-state index contributed by atoms with van der Waals surface area (Å²) in [5, 5.41) is 20.4. The van der Waals surface area contributed by atoms with Gasteiger partial charge >= 0.3 is 12.1 Å². The number of carboxylic acid groups (broad SMARTS) is 1. The van der Waals surface area contributed by atoms with Crippen LogP contribution >= 0.6 is 0 Å². The molecule has 1 unspecified atom stereocenters. The molecule has 24 heavy (non-hydrogen) atoms. The van der Waals surface area contributed by atoms with E-state index in [2.05, 4.69) is 0 Å². The van der Waals surface area contributed by atoms with Crippen LogP contribution in [-0.2, 0) is 9.53 Å². The molecule has 0 radical (unpaired) electrons. The molecule has 1 heterocycles. The van der Waals surface area contributed by atoms with E-state index < -0.39 is 47.4 Å². The lowest BCUT2D eigenvalue weighted by atomic mass is 9.65. The van der Waals surface area contributed by atoms with Crippen molar-refractivity contribution in [3.63, 3.8) is 0 Å². The van der Waals surface area contributed by atoms with Gasteiger partial charge in [-0.15, -0.1) is 0 Å². The third-order valence-electron chi connectivity index (χ3n) is 5.02. The first-order valence-electron chi connectivity index (χ1n) is 8.12. The molecule has 1 aliphatic carbocycles. The van der Waals surface area contributed by atoms with Crippen LogP contribution in [-0.4, -0.2) is 57.4 Å². The predicted molar refractivity (Wildman–Crippen MR) is 80.9 cm³/mol. The van der Waals surface area contributed by atoms with E-state index in [1.54, 1.807) is 20.8 Å². The summed E-state index contributed by atoms with van der Waals surface area (Å²) in [5.41, 5.74) is -4.28. The van der Waals surface area contributed by atoms with Gasteiger partial charge in [0.2, 0.25) is 5.92 Å². The van der Waals surface area contributed by atoms with Crippen molar-refractivity contribution in [1.82, 2.24) is 4.90 Å². The Kier molecular flexibility index (Phi) is 4.58. The Morgan fingerprint density at radius 2 is 1.62 bits per heavy atom. The first-order valence-corrected chi connectivity index (χ1v) is 8.12. The highest BCUT2D eigenvalue weighted by Crippen LogP contribution is 2.56. The second kappa shape index (κ2) is 5.82. The molecule has 1 saturated carbocycles. The van der Waals surface area contributed by atoms with Gasteiger partial charge in [0.15, 0.2) is 0 Å². The van der Waals surface area contributed by atoms with Crippen molar-refractivity contribution in [3.8, 4) is 0 Å². The van der Waals surface area contributed by atoms with Gasteiger partial charge < -0.3 is 19.8 Å². The number of amides is 1. The Morgan fingerprint density at radius 1 is 1.08 bits per heavy atom. The second-order valence-corrected chi connectivity index (χ2v) is 7.92. The number of rotatable bonds is 2. The number of likely N-dealkylation sites (tertiary alicyclic amines) is 1. The van der Waals surface area contributed by atoms with Crippen molar-refractivity contribution in [3.05, 3.63) is 0 Å². The van der Waals surface area contributed by atoms with Crippen LogP contribution in [0.1, 0.15) is 52.9 Å². The number of carboxylic acids is 1. The Hall–Kier alpha value is -1.44. The van der Waals surface area contributed by atoms with Crippen LogP contribution in [0.2, 0.25) is 0 Å². The van der Waals surface area contributed by atoms with Crippen molar-refractivity contribution in [1.29, 1.82) is 0 Å². The van der Waals surface area contributed by atoms with E-state index in [9.17, 15) is 28.6 Å². The molecule has 0 aromatic carbocycles. The third kappa shape index (κ3) is 3.48. The zero-order chi connectivity index (χ0) is 18.4. The molecule has 2 rings (SSSR count). The molecule has 0 aromatic rings. The minimum Gasteiger partial charge on any atom is -0.481 e. The highest BCUT2D eigenvalue weighted by molar-refractivity contribution is 5.77. The van der Waals surface area contributed by atoms with Crippen LogP contribution in [0.3, 0.4) is 0 Å². The maximum absolute atomic E-state index is 13.7. The number of halogens is 2. The van der Waals surface area contributed by atoms with E-state index in [0.29, 0.717) is 0 Å². The monoisotopic (exact) mass is 349 g/mol. The van der Waals surface area contributed by atoms with E-state index in [-0.39, 0.29) is 32.4 Å². The van der Waals surface area contributed by atoms with Crippen LogP contribution in [0, 0.1) is 5.41 Å². The number of alkyl halides is 2. The van der Waals surface area contributed by atoms with Crippen LogP contribution in [0.4, 0.5) is 13.6 Å². The highest BCUT2D eigenvalue weighted by Gasteiger charge is 2.64. The Morgan fingerprint density at radius 3 is 2.00 bits per heavy atom. The number of piperidine rings is 1. The van der Waals surface area contributed by atoms with Gasteiger partial charge in [-0.25, -0.2) is 13.6 Å². The van der Waals surface area contributed by atoms with Crippen molar-refractivity contribution in [2.24, 2.45) is 5.41 Å². The quantitative estimate of drug-likeness (QED) is 0.800. The molecular formula is C16H25F2NO5. The van der Waals surface area contributed by atoms with Crippen molar-refractivity contribution >= 4 is 12.1 Å². The van der Waals surface area contributed by atoms with Gasteiger partial charge in [-0.1, -0.05) is 0 Å². The normalized spacial score (nSPS) is 29.3. The fourth-order valence-corrected chi connectivity index (χ4v) is 3.66. The SMILES string of the molecule is CC(C)(C)OC(=O)N1CCC(O)(C2(C(=O)O)CCC(F)(F)C2)CC1. The molecule has 0 aromatic heterocycles. The smallest absolute Gasteiger partial charge is 0.410 e. The lowest BCUT2D eigenvalue weighted by Gasteiger charge is -2.47. The van der Waals surface area contributed by atoms with Gasteiger partial charge in [0.05, 0.1) is 5.60 Å². The summed E-state index contributed by atoms with van der Waals surface area (Å²) in [6.07, 6.45) is -2.34. The zero-order valence-electron chi connectivity index (χ0n) is 14.3. The second-order valence-electron chi connectivity index (χ2n) is 7.92. The van der Waals surface area contributed by atoms with Crippen LogP contribution in [0.25, 0.3) is 0 Å².